The van der Waals surface area contributed by atoms with Crippen LogP contribution in [0.3, 0.4) is 0 Å². The molecule has 0 amide bonds. The van der Waals surface area contributed by atoms with Gasteiger partial charge in [0.1, 0.15) is 5.69 Å². The molecular formula is C11H16N4O3. The van der Waals surface area contributed by atoms with E-state index in [9.17, 15) is 0 Å². The maximum atomic E-state index is 5.38. The van der Waals surface area contributed by atoms with Crippen LogP contribution in [0.25, 0.3) is 11.5 Å². The molecule has 0 unspecified atom stereocenters. The van der Waals surface area contributed by atoms with E-state index in [-0.39, 0.29) is 0 Å². The predicted molar refractivity (Wildman–Crippen MR) is 62.5 cm³/mol. The van der Waals surface area contributed by atoms with Gasteiger partial charge in [-0.1, -0.05) is 5.16 Å². The lowest BCUT2D eigenvalue weighted by atomic mass is 10.4. The van der Waals surface area contributed by atoms with Gasteiger partial charge in [-0.15, -0.1) is 0 Å². The highest BCUT2D eigenvalue weighted by Crippen LogP contribution is 2.20. The van der Waals surface area contributed by atoms with Crippen molar-refractivity contribution in [2.24, 2.45) is 7.05 Å². The van der Waals surface area contributed by atoms with Gasteiger partial charge < -0.3 is 14.0 Å². The first-order valence-corrected chi connectivity index (χ1v) is 5.81. The van der Waals surface area contributed by atoms with E-state index in [0.717, 1.165) is 0 Å². The van der Waals surface area contributed by atoms with Gasteiger partial charge in [-0.25, -0.2) is 0 Å². The van der Waals surface area contributed by atoms with Crippen molar-refractivity contribution in [3.05, 3.63) is 18.2 Å². The smallest absolute Gasteiger partial charge is 0.284 e. The van der Waals surface area contributed by atoms with E-state index in [0.29, 0.717) is 30.6 Å². The van der Waals surface area contributed by atoms with Gasteiger partial charge in [-0.2, -0.15) is 10.1 Å². The Labute approximate surface area is 105 Å². The summed E-state index contributed by atoms with van der Waals surface area (Å²) in [5.41, 5.74) is 0.652. The highest BCUT2D eigenvalue weighted by molar-refractivity contribution is 5.46. The van der Waals surface area contributed by atoms with E-state index in [4.69, 9.17) is 14.0 Å². The first-order valence-electron chi connectivity index (χ1n) is 5.81. The number of nitrogens with zero attached hydrogens (tertiary/aromatic N) is 4. The molecule has 7 nitrogen and oxygen atoms in total. The van der Waals surface area contributed by atoms with E-state index >= 15 is 0 Å². The Morgan fingerprint density at radius 1 is 1.33 bits per heavy atom. The molecule has 2 rings (SSSR count). The summed E-state index contributed by atoms with van der Waals surface area (Å²) in [4.78, 5) is 4.23. The number of aryl methyl sites for hydroxylation is 1. The molecule has 0 aromatic carbocycles. The molecule has 0 fully saturated rings. The summed E-state index contributed by atoms with van der Waals surface area (Å²) >= 11 is 0. The quantitative estimate of drug-likeness (QED) is 0.726. The van der Waals surface area contributed by atoms with Crippen LogP contribution in [-0.2, 0) is 16.5 Å². The molecule has 0 atom stereocenters. The summed E-state index contributed by atoms with van der Waals surface area (Å²) in [6, 6.07) is 1.81. The first kappa shape index (κ1) is 12.7. The summed E-state index contributed by atoms with van der Waals surface area (Å²) in [7, 11) is 1.83. The van der Waals surface area contributed by atoms with E-state index in [1.54, 1.807) is 4.68 Å². The minimum Gasteiger partial charge on any atom is -0.345 e. The SMILES string of the molecule is CCOC(OCC)c1nc(-c2ccn(C)n2)no1. The Balaban J connectivity index is 2.18. The van der Waals surface area contributed by atoms with Crippen molar-refractivity contribution in [3.63, 3.8) is 0 Å². The number of rotatable bonds is 6. The van der Waals surface area contributed by atoms with Crippen molar-refractivity contribution in [1.29, 1.82) is 0 Å². The maximum absolute atomic E-state index is 5.38. The van der Waals surface area contributed by atoms with Crippen molar-refractivity contribution in [2.45, 2.75) is 20.1 Å². The van der Waals surface area contributed by atoms with Crippen molar-refractivity contribution in [1.82, 2.24) is 19.9 Å². The van der Waals surface area contributed by atoms with Gasteiger partial charge in [0.25, 0.3) is 5.89 Å². The molecule has 0 aliphatic carbocycles. The largest absolute Gasteiger partial charge is 0.345 e. The minimum absolute atomic E-state index is 0.305. The van der Waals surface area contributed by atoms with Gasteiger partial charge in [0.2, 0.25) is 12.1 Å². The van der Waals surface area contributed by atoms with E-state index in [2.05, 4.69) is 15.2 Å². The maximum Gasteiger partial charge on any atom is 0.284 e. The topological polar surface area (TPSA) is 75.2 Å². The lowest BCUT2D eigenvalue weighted by molar-refractivity contribution is -0.155. The highest BCUT2D eigenvalue weighted by atomic mass is 16.7. The molecule has 2 heterocycles. The molecule has 0 N–H and O–H groups in total. The molecule has 98 valence electrons. The summed E-state index contributed by atoms with van der Waals surface area (Å²) in [6.45, 7) is 4.77. The molecule has 0 aliphatic heterocycles. The van der Waals surface area contributed by atoms with Gasteiger partial charge in [-0.05, 0) is 19.9 Å². The minimum atomic E-state index is -0.620. The Kier molecular flexibility index (Phi) is 4.06. The second-order valence-electron chi connectivity index (χ2n) is 3.57. The monoisotopic (exact) mass is 252 g/mol. The molecule has 7 heteroatoms. The lowest BCUT2D eigenvalue weighted by Gasteiger charge is -2.11. The van der Waals surface area contributed by atoms with Crippen molar-refractivity contribution in [3.8, 4) is 11.5 Å². The molecule has 0 aliphatic rings. The third-order valence-corrected chi connectivity index (χ3v) is 2.22. The van der Waals surface area contributed by atoms with Crippen LogP contribution < -0.4 is 0 Å². The fourth-order valence-corrected chi connectivity index (χ4v) is 1.46. The number of hydrogen-bond donors (Lipinski definition) is 0. The van der Waals surface area contributed by atoms with E-state index in [1.165, 1.54) is 0 Å². The van der Waals surface area contributed by atoms with Crippen LogP contribution in [0.4, 0.5) is 0 Å². The average molecular weight is 252 g/mol. The molecule has 0 saturated heterocycles. The second-order valence-corrected chi connectivity index (χ2v) is 3.57. The summed E-state index contributed by atoms with van der Waals surface area (Å²) in [6.07, 6.45) is 1.19. The van der Waals surface area contributed by atoms with Gasteiger partial charge in [0.15, 0.2) is 0 Å². The van der Waals surface area contributed by atoms with Gasteiger partial charge in [-0.3, -0.25) is 4.68 Å². The van der Waals surface area contributed by atoms with E-state index < -0.39 is 6.29 Å². The molecule has 0 saturated carbocycles. The Morgan fingerprint density at radius 3 is 2.61 bits per heavy atom. The van der Waals surface area contributed by atoms with Crippen LogP contribution in [-0.4, -0.2) is 33.1 Å². The lowest BCUT2D eigenvalue weighted by Crippen LogP contribution is -2.09. The van der Waals surface area contributed by atoms with Gasteiger partial charge in [0.05, 0.1) is 0 Å². The second kappa shape index (κ2) is 5.74. The number of hydrogen-bond acceptors (Lipinski definition) is 6. The van der Waals surface area contributed by atoms with Crippen LogP contribution in [0.1, 0.15) is 26.0 Å². The van der Waals surface area contributed by atoms with Gasteiger partial charge >= 0.3 is 0 Å². The molecule has 0 bridgehead atoms. The fourth-order valence-electron chi connectivity index (χ4n) is 1.46. The Bertz CT molecular complexity index is 488. The summed E-state index contributed by atoms with van der Waals surface area (Å²) in [5, 5.41) is 8.06. The predicted octanol–water partition coefficient (Wildman–Crippen LogP) is 1.54. The fraction of sp³-hybridized carbons (Fsp3) is 0.545. The zero-order valence-electron chi connectivity index (χ0n) is 10.7. The third-order valence-electron chi connectivity index (χ3n) is 2.22. The van der Waals surface area contributed by atoms with Crippen LogP contribution in [0.2, 0.25) is 0 Å². The Hall–Kier alpha value is -1.73. The van der Waals surface area contributed by atoms with E-state index in [1.807, 2.05) is 33.2 Å². The summed E-state index contributed by atoms with van der Waals surface area (Å²) < 4.78 is 17.6. The van der Waals surface area contributed by atoms with Crippen molar-refractivity contribution >= 4 is 0 Å². The molecule has 2 aromatic rings. The van der Waals surface area contributed by atoms with Crippen LogP contribution >= 0.6 is 0 Å². The zero-order chi connectivity index (χ0) is 13.0. The number of aromatic nitrogens is 4. The normalized spacial score (nSPS) is 11.3. The zero-order valence-corrected chi connectivity index (χ0v) is 10.7. The average Bonchev–Trinajstić information content (AvgIpc) is 2.97. The summed E-state index contributed by atoms with van der Waals surface area (Å²) in [5.74, 6) is 0.731. The van der Waals surface area contributed by atoms with Crippen molar-refractivity contribution in [2.75, 3.05) is 13.2 Å². The van der Waals surface area contributed by atoms with Crippen LogP contribution in [0.15, 0.2) is 16.8 Å². The first-order chi connectivity index (χ1) is 8.74. The number of ether oxygens (including phenoxy) is 2. The molecular weight excluding hydrogens is 236 g/mol. The van der Waals surface area contributed by atoms with Crippen molar-refractivity contribution < 1.29 is 14.0 Å². The standard InChI is InChI=1S/C11H16N4O3/c1-4-16-11(17-5-2)10-12-9(14-18-10)8-6-7-15(3)13-8/h6-7,11H,4-5H2,1-3H3. The molecule has 0 radical (unpaired) electrons. The Morgan fingerprint density at radius 2 is 2.06 bits per heavy atom. The van der Waals surface area contributed by atoms with Crippen LogP contribution in [0.5, 0.6) is 0 Å². The molecule has 2 aromatic heterocycles. The highest BCUT2D eigenvalue weighted by Gasteiger charge is 2.20. The van der Waals surface area contributed by atoms with Gasteiger partial charge in [0, 0.05) is 26.5 Å². The molecule has 0 spiro atoms. The third kappa shape index (κ3) is 2.74. The van der Waals surface area contributed by atoms with Crippen LogP contribution in [0, 0.1) is 0 Å². The molecule has 18 heavy (non-hydrogen) atoms.